The molecule has 0 saturated heterocycles. The van der Waals surface area contributed by atoms with E-state index in [-0.39, 0.29) is 11.7 Å². The van der Waals surface area contributed by atoms with Crippen LogP contribution >= 0.6 is 0 Å². The minimum Gasteiger partial charge on any atom is -0.506 e. The van der Waals surface area contributed by atoms with Crippen LogP contribution in [0.1, 0.15) is 10.5 Å². The van der Waals surface area contributed by atoms with Gasteiger partial charge in [0.25, 0.3) is 5.91 Å². The maximum Gasteiger partial charge on any atom is 0.273 e. The van der Waals surface area contributed by atoms with Crippen LogP contribution in [-0.4, -0.2) is 21.2 Å². The van der Waals surface area contributed by atoms with Crippen LogP contribution in [0.3, 0.4) is 0 Å². The lowest BCUT2D eigenvalue weighted by Crippen LogP contribution is -2.12. The van der Waals surface area contributed by atoms with Crippen LogP contribution in [0.15, 0.2) is 36.5 Å². The number of benzene rings is 1. The molecule has 0 aliphatic heterocycles. The van der Waals surface area contributed by atoms with E-state index in [1.54, 1.807) is 24.3 Å². The minimum absolute atomic E-state index is 0.0327. The number of carbonyl (C=O) groups is 1. The van der Waals surface area contributed by atoms with Gasteiger partial charge >= 0.3 is 0 Å². The Morgan fingerprint density at radius 3 is 2.80 bits per heavy atom. The number of rotatable bonds is 2. The Hall–Kier alpha value is -2.30. The third-order valence-electron chi connectivity index (χ3n) is 1.90. The standard InChI is InChI=1S/C10H9N3O2/c14-9-4-2-1-3-7(9)12-10(15)8-5-6-11-13-8/h1-6,14H,(H,11,13)(H,12,15). The van der Waals surface area contributed by atoms with Gasteiger partial charge in [-0.2, -0.15) is 5.10 Å². The summed E-state index contributed by atoms with van der Waals surface area (Å²) < 4.78 is 0. The topological polar surface area (TPSA) is 78.0 Å². The molecule has 0 fully saturated rings. The Balaban J connectivity index is 2.17. The molecule has 0 saturated carbocycles. The van der Waals surface area contributed by atoms with Crippen LogP contribution in [0.4, 0.5) is 5.69 Å². The van der Waals surface area contributed by atoms with Gasteiger partial charge in [0.2, 0.25) is 0 Å². The number of H-pyrrole nitrogens is 1. The monoisotopic (exact) mass is 203 g/mol. The zero-order valence-electron chi connectivity index (χ0n) is 7.77. The number of aromatic hydroxyl groups is 1. The Morgan fingerprint density at radius 2 is 2.13 bits per heavy atom. The zero-order chi connectivity index (χ0) is 10.7. The summed E-state index contributed by atoms with van der Waals surface area (Å²) in [6.07, 6.45) is 1.49. The largest absolute Gasteiger partial charge is 0.506 e. The Morgan fingerprint density at radius 1 is 1.33 bits per heavy atom. The third kappa shape index (κ3) is 1.96. The van der Waals surface area contributed by atoms with E-state index < -0.39 is 0 Å². The zero-order valence-corrected chi connectivity index (χ0v) is 7.77. The SMILES string of the molecule is O=C(Nc1ccccc1O)c1ccn[nH]1. The van der Waals surface area contributed by atoms with Gasteiger partial charge in [0.15, 0.2) is 0 Å². The summed E-state index contributed by atoms with van der Waals surface area (Å²) in [6, 6.07) is 8.07. The Bertz CT molecular complexity index is 465. The van der Waals surface area contributed by atoms with E-state index in [2.05, 4.69) is 15.5 Å². The van der Waals surface area contributed by atoms with E-state index >= 15 is 0 Å². The molecule has 0 spiro atoms. The first kappa shape index (κ1) is 9.26. The normalized spacial score (nSPS) is 9.87. The van der Waals surface area contributed by atoms with Gasteiger partial charge in [0.1, 0.15) is 11.4 Å². The van der Waals surface area contributed by atoms with Crippen LogP contribution < -0.4 is 5.32 Å². The van der Waals surface area contributed by atoms with E-state index in [0.717, 1.165) is 0 Å². The quantitative estimate of drug-likeness (QED) is 0.645. The predicted molar refractivity (Wildman–Crippen MR) is 54.6 cm³/mol. The van der Waals surface area contributed by atoms with Crippen molar-refractivity contribution in [2.75, 3.05) is 5.32 Å². The van der Waals surface area contributed by atoms with Crippen molar-refractivity contribution in [3.05, 3.63) is 42.2 Å². The number of aromatic amines is 1. The second-order valence-corrected chi connectivity index (χ2v) is 2.94. The molecule has 3 N–H and O–H groups in total. The summed E-state index contributed by atoms with van der Waals surface area (Å²) in [5, 5.41) is 18.2. The molecule has 2 rings (SSSR count). The van der Waals surface area contributed by atoms with Crippen molar-refractivity contribution < 1.29 is 9.90 Å². The molecule has 1 amide bonds. The first-order valence-corrected chi connectivity index (χ1v) is 4.36. The fraction of sp³-hybridized carbons (Fsp3) is 0. The van der Waals surface area contributed by atoms with Crippen molar-refractivity contribution >= 4 is 11.6 Å². The highest BCUT2D eigenvalue weighted by Crippen LogP contribution is 2.21. The number of nitrogens with zero attached hydrogens (tertiary/aromatic N) is 1. The van der Waals surface area contributed by atoms with Crippen molar-refractivity contribution in [1.29, 1.82) is 0 Å². The van der Waals surface area contributed by atoms with E-state index in [9.17, 15) is 9.90 Å². The van der Waals surface area contributed by atoms with E-state index in [1.807, 2.05) is 0 Å². The van der Waals surface area contributed by atoms with Gasteiger partial charge in [-0.25, -0.2) is 0 Å². The molecule has 0 aliphatic carbocycles. The second-order valence-electron chi connectivity index (χ2n) is 2.94. The van der Waals surface area contributed by atoms with Crippen LogP contribution in [0.5, 0.6) is 5.75 Å². The first-order valence-electron chi connectivity index (χ1n) is 4.36. The van der Waals surface area contributed by atoms with Crippen molar-refractivity contribution in [3.8, 4) is 5.75 Å². The van der Waals surface area contributed by atoms with Crippen LogP contribution in [0.2, 0.25) is 0 Å². The molecule has 0 atom stereocenters. The van der Waals surface area contributed by atoms with Crippen LogP contribution in [0, 0.1) is 0 Å². The molecule has 0 bridgehead atoms. The molecule has 1 aromatic heterocycles. The fourth-order valence-corrected chi connectivity index (χ4v) is 1.15. The molecule has 5 nitrogen and oxygen atoms in total. The number of hydrogen-bond acceptors (Lipinski definition) is 3. The lowest BCUT2D eigenvalue weighted by Gasteiger charge is -2.04. The lowest BCUT2D eigenvalue weighted by molar-refractivity contribution is 0.102. The number of aromatic nitrogens is 2. The average molecular weight is 203 g/mol. The fourth-order valence-electron chi connectivity index (χ4n) is 1.15. The number of amides is 1. The summed E-state index contributed by atoms with van der Waals surface area (Å²) in [4.78, 5) is 11.5. The smallest absolute Gasteiger partial charge is 0.273 e. The molecule has 2 aromatic rings. The van der Waals surface area contributed by atoms with Crippen molar-refractivity contribution in [2.45, 2.75) is 0 Å². The number of carbonyl (C=O) groups excluding carboxylic acids is 1. The third-order valence-corrected chi connectivity index (χ3v) is 1.90. The molecule has 1 aromatic carbocycles. The Labute approximate surface area is 85.8 Å². The van der Waals surface area contributed by atoms with Gasteiger partial charge < -0.3 is 10.4 Å². The molecule has 5 heteroatoms. The first-order chi connectivity index (χ1) is 7.27. The van der Waals surface area contributed by atoms with Gasteiger partial charge in [0, 0.05) is 6.20 Å². The highest BCUT2D eigenvalue weighted by atomic mass is 16.3. The number of para-hydroxylation sites is 2. The van der Waals surface area contributed by atoms with Crippen LogP contribution in [0.25, 0.3) is 0 Å². The second kappa shape index (κ2) is 3.83. The molecule has 15 heavy (non-hydrogen) atoms. The number of nitrogens with one attached hydrogen (secondary N) is 2. The van der Waals surface area contributed by atoms with Gasteiger partial charge in [-0.15, -0.1) is 0 Å². The molecule has 1 heterocycles. The van der Waals surface area contributed by atoms with E-state index in [0.29, 0.717) is 11.4 Å². The summed E-state index contributed by atoms with van der Waals surface area (Å²) in [5.74, 6) is -0.306. The predicted octanol–water partition coefficient (Wildman–Crippen LogP) is 1.37. The van der Waals surface area contributed by atoms with Gasteiger partial charge in [-0.05, 0) is 18.2 Å². The highest BCUT2D eigenvalue weighted by molar-refractivity contribution is 6.03. The molecular formula is C10H9N3O2. The number of hydrogen-bond donors (Lipinski definition) is 3. The van der Waals surface area contributed by atoms with Crippen molar-refractivity contribution in [1.82, 2.24) is 10.2 Å². The number of anilines is 1. The van der Waals surface area contributed by atoms with E-state index in [1.165, 1.54) is 12.3 Å². The molecule has 76 valence electrons. The Kier molecular flexibility index (Phi) is 2.37. The van der Waals surface area contributed by atoms with Crippen LogP contribution in [-0.2, 0) is 0 Å². The number of phenols is 1. The summed E-state index contributed by atoms with van der Waals surface area (Å²) in [7, 11) is 0. The van der Waals surface area contributed by atoms with E-state index in [4.69, 9.17) is 0 Å². The highest BCUT2D eigenvalue weighted by Gasteiger charge is 2.08. The average Bonchev–Trinajstić information content (AvgIpc) is 2.74. The summed E-state index contributed by atoms with van der Waals surface area (Å²) >= 11 is 0. The molecule has 0 aliphatic rings. The number of phenolic OH excluding ortho intramolecular Hbond substituents is 1. The molecule has 0 radical (unpaired) electrons. The van der Waals surface area contributed by atoms with Crippen molar-refractivity contribution in [2.24, 2.45) is 0 Å². The maximum absolute atomic E-state index is 11.5. The van der Waals surface area contributed by atoms with Gasteiger partial charge in [-0.3, -0.25) is 9.89 Å². The molecule has 0 unspecified atom stereocenters. The van der Waals surface area contributed by atoms with Gasteiger partial charge in [-0.1, -0.05) is 12.1 Å². The lowest BCUT2D eigenvalue weighted by atomic mass is 10.3. The maximum atomic E-state index is 11.5. The van der Waals surface area contributed by atoms with Gasteiger partial charge in [0.05, 0.1) is 5.69 Å². The summed E-state index contributed by atoms with van der Waals surface area (Å²) in [5.41, 5.74) is 0.718. The molecular weight excluding hydrogens is 194 g/mol. The van der Waals surface area contributed by atoms with Crippen molar-refractivity contribution in [3.63, 3.8) is 0 Å². The minimum atomic E-state index is -0.339. The summed E-state index contributed by atoms with van der Waals surface area (Å²) in [6.45, 7) is 0.